The maximum absolute atomic E-state index is 11.1. The van der Waals surface area contributed by atoms with Gasteiger partial charge in [0.1, 0.15) is 11.8 Å². The van der Waals surface area contributed by atoms with Crippen LogP contribution in [0.2, 0.25) is 0 Å². The number of benzene rings is 1. The van der Waals surface area contributed by atoms with Crippen molar-refractivity contribution in [2.24, 2.45) is 0 Å². The molecule has 1 aliphatic rings. The molecule has 0 aromatic heterocycles. The summed E-state index contributed by atoms with van der Waals surface area (Å²) in [6, 6.07) is 7.96. The number of aliphatic carboxylic acids is 1. The molecule has 1 aromatic carbocycles. The van der Waals surface area contributed by atoms with Crippen molar-refractivity contribution in [3.63, 3.8) is 0 Å². The van der Waals surface area contributed by atoms with E-state index in [1.165, 1.54) is 5.56 Å². The van der Waals surface area contributed by atoms with Gasteiger partial charge in [-0.2, -0.15) is 0 Å². The fraction of sp³-hybridized carbons (Fsp3) is 0.533. The predicted octanol–water partition coefficient (Wildman–Crippen LogP) is 2.35. The molecule has 0 unspecified atom stereocenters. The molecular formula is C15H21NO3. The first-order chi connectivity index (χ1) is 9.02. The van der Waals surface area contributed by atoms with Crippen molar-refractivity contribution in [2.45, 2.75) is 38.3 Å². The molecule has 0 saturated carbocycles. The number of carboxylic acids is 1. The van der Waals surface area contributed by atoms with E-state index in [2.05, 4.69) is 24.0 Å². The van der Waals surface area contributed by atoms with Gasteiger partial charge >= 0.3 is 5.97 Å². The van der Waals surface area contributed by atoms with Crippen LogP contribution < -0.4 is 4.74 Å². The lowest BCUT2D eigenvalue weighted by atomic mass is 9.97. The second-order valence-electron chi connectivity index (χ2n) is 5.27. The summed E-state index contributed by atoms with van der Waals surface area (Å²) in [5, 5.41) is 9.13. The van der Waals surface area contributed by atoms with E-state index < -0.39 is 12.0 Å². The molecule has 104 valence electrons. The summed E-state index contributed by atoms with van der Waals surface area (Å²) in [4.78, 5) is 13.2. The number of nitrogens with zero attached hydrogens (tertiary/aromatic N) is 1. The molecule has 1 aliphatic heterocycles. The van der Waals surface area contributed by atoms with Crippen molar-refractivity contribution in [2.75, 3.05) is 13.7 Å². The van der Waals surface area contributed by atoms with Gasteiger partial charge in [-0.3, -0.25) is 9.69 Å². The van der Waals surface area contributed by atoms with Gasteiger partial charge in [0.05, 0.1) is 7.11 Å². The van der Waals surface area contributed by atoms with Gasteiger partial charge in [-0.05, 0) is 43.9 Å². The number of hydrogen-bond acceptors (Lipinski definition) is 3. The molecule has 3 atom stereocenters. The first-order valence-corrected chi connectivity index (χ1v) is 6.65. The zero-order valence-electron chi connectivity index (χ0n) is 11.7. The normalized spacial score (nSPS) is 25.2. The fourth-order valence-corrected chi connectivity index (χ4v) is 2.86. The number of methoxy groups -OCH3 is 1. The monoisotopic (exact) mass is 263 g/mol. The molecule has 2 rings (SSSR count). The van der Waals surface area contributed by atoms with Crippen LogP contribution in [0.3, 0.4) is 0 Å². The van der Waals surface area contributed by atoms with Crippen LogP contribution in [-0.4, -0.2) is 41.7 Å². The summed E-state index contributed by atoms with van der Waals surface area (Å²) in [7, 11) is 1.66. The molecular weight excluding hydrogens is 242 g/mol. The van der Waals surface area contributed by atoms with Gasteiger partial charge in [0, 0.05) is 12.6 Å². The standard InChI is InChI=1S/C15H21NO3/c1-10-8-13(9-16(10)11(2)15(17)18)12-4-6-14(19-3)7-5-12/h4-7,10-11,13H,8-9H2,1-3H3,(H,17,18)/t10-,11+,13-/m1/s1. The highest BCUT2D eigenvalue weighted by molar-refractivity contribution is 5.73. The number of ether oxygens (including phenoxy) is 1. The lowest BCUT2D eigenvalue weighted by molar-refractivity contribution is -0.142. The van der Waals surface area contributed by atoms with Crippen molar-refractivity contribution in [3.8, 4) is 5.75 Å². The third-order valence-electron chi connectivity index (χ3n) is 4.07. The fourth-order valence-electron chi connectivity index (χ4n) is 2.86. The molecule has 0 bridgehead atoms. The van der Waals surface area contributed by atoms with Gasteiger partial charge in [0.15, 0.2) is 0 Å². The zero-order valence-corrected chi connectivity index (χ0v) is 11.7. The van der Waals surface area contributed by atoms with Crippen LogP contribution in [0, 0.1) is 0 Å². The van der Waals surface area contributed by atoms with Crippen LogP contribution in [0.25, 0.3) is 0 Å². The Kier molecular flexibility index (Phi) is 4.10. The third-order valence-corrected chi connectivity index (χ3v) is 4.07. The van der Waals surface area contributed by atoms with Crippen molar-refractivity contribution in [1.82, 2.24) is 4.90 Å². The van der Waals surface area contributed by atoms with Crippen molar-refractivity contribution < 1.29 is 14.6 Å². The van der Waals surface area contributed by atoms with Crippen molar-refractivity contribution in [3.05, 3.63) is 29.8 Å². The molecule has 1 N–H and O–H groups in total. The van der Waals surface area contributed by atoms with Gasteiger partial charge < -0.3 is 9.84 Å². The van der Waals surface area contributed by atoms with Gasteiger partial charge in [-0.1, -0.05) is 12.1 Å². The Morgan fingerprint density at radius 2 is 2.05 bits per heavy atom. The number of hydrogen-bond donors (Lipinski definition) is 1. The Hall–Kier alpha value is -1.55. The largest absolute Gasteiger partial charge is 0.497 e. The summed E-state index contributed by atoms with van der Waals surface area (Å²) >= 11 is 0. The minimum Gasteiger partial charge on any atom is -0.497 e. The van der Waals surface area contributed by atoms with Crippen LogP contribution in [0.5, 0.6) is 5.75 Å². The van der Waals surface area contributed by atoms with E-state index in [1.54, 1.807) is 14.0 Å². The summed E-state index contributed by atoms with van der Waals surface area (Å²) in [6.07, 6.45) is 1.00. The molecule has 19 heavy (non-hydrogen) atoms. The quantitative estimate of drug-likeness (QED) is 0.906. The Labute approximate surface area is 114 Å². The maximum Gasteiger partial charge on any atom is 0.320 e. The lowest BCUT2D eigenvalue weighted by Crippen LogP contribution is -2.41. The predicted molar refractivity (Wildman–Crippen MR) is 73.6 cm³/mol. The average Bonchev–Trinajstić information content (AvgIpc) is 2.80. The molecule has 0 aliphatic carbocycles. The molecule has 1 heterocycles. The van der Waals surface area contributed by atoms with E-state index >= 15 is 0 Å². The average molecular weight is 263 g/mol. The SMILES string of the molecule is COc1ccc([C@@H]2C[C@@H](C)N([C@@H](C)C(=O)O)C2)cc1. The minimum atomic E-state index is -0.748. The highest BCUT2D eigenvalue weighted by atomic mass is 16.5. The van der Waals surface area contributed by atoms with Crippen LogP contribution >= 0.6 is 0 Å². The highest BCUT2D eigenvalue weighted by Gasteiger charge is 2.35. The molecule has 0 radical (unpaired) electrons. The number of carboxylic acid groups (broad SMARTS) is 1. The Bertz CT molecular complexity index is 443. The van der Waals surface area contributed by atoms with Crippen LogP contribution in [0.15, 0.2) is 24.3 Å². The molecule has 4 heteroatoms. The Morgan fingerprint density at radius 3 is 2.58 bits per heavy atom. The zero-order chi connectivity index (χ0) is 14.0. The van der Waals surface area contributed by atoms with Gasteiger partial charge in [0.25, 0.3) is 0 Å². The third kappa shape index (κ3) is 2.89. The first kappa shape index (κ1) is 13.9. The van der Waals surface area contributed by atoms with Crippen molar-refractivity contribution >= 4 is 5.97 Å². The van der Waals surface area contributed by atoms with Gasteiger partial charge in [-0.15, -0.1) is 0 Å². The summed E-state index contributed by atoms with van der Waals surface area (Å²) in [5.41, 5.74) is 1.26. The summed E-state index contributed by atoms with van der Waals surface area (Å²) in [5.74, 6) is 0.510. The molecule has 0 spiro atoms. The maximum atomic E-state index is 11.1. The second-order valence-corrected chi connectivity index (χ2v) is 5.27. The number of likely N-dealkylation sites (tertiary alicyclic amines) is 1. The second kappa shape index (κ2) is 5.61. The summed E-state index contributed by atoms with van der Waals surface area (Å²) < 4.78 is 5.16. The van der Waals surface area contributed by atoms with E-state index in [-0.39, 0.29) is 0 Å². The topological polar surface area (TPSA) is 49.8 Å². The summed E-state index contributed by atoms with van der Waals surface area (Å²) in [6.45, 7) is 4.67. The Balaban J connectivity index is 2.09. The molecule has 1 saturated heterocycles. The highest BCUT2D eigenvalue weighted by Crippen LogP contribution is 2.33. The van der Waals surface area contributed by atoms with Crippen LogP contribution in [0.4, 0.5) is 0 Å². The smallest absolute Gasteiger partial charge is 0.320 e. The molecule has 0 amide bonds. The van der Waals surface area contributed by atoms with E-state index in [4.69, 9.17) is 9.84 Å². The molecule has 1 fully saturated rings. The van der Waals surface area contributed by atoms with Crippen LogP contribution in [-0.2, 0) is 4.79 Å². The van der Waals surface area contributed by atoms with Crippen LogP contribution in [0.1, 0.15) is 31.7 Å². The van der Waals surface area contributed by atoms with E-state index in [9.17, 15) is 4.79 Å². The Morgan fingerprint density at radius 1 is 1.42 bits per heavy atom. The number of rotatable bonds is 4. The van der Waals surface area contributed by atoms with Crippen molar-refractivity contribution in [1.29, 1.82) is 0 Å². The lowest BCUT2D eigenvalue weighted by Gasteiger charge is -2.25. The molecule has 4 nitrogen and oxygen atoms in total. The number of carbonyl (C=O) groups is 1. The van der Waals surface area contributed by atoms with E-state index in [0.29, 0.717) is 12.0 Å². The van der Waals surface area contributed by atoms with Gasteiger partial charge in [0.2, 0.25) is 0 Å². The van der Waals surface area contributed by atoms with E-state index in [1.807, 2.05) is 12.1 Å². The van der Waals surface area contributed by atoms with Gasteiger partial charge in [-0.25, -0.2) is 0 Å². The minimum absolute atomic E-state index is 0.304. The molecule has 1 aromatic rings. The first-order valence-electron chi connectivity index (χ1n) is 6.65. The van der Waals surface area contributed by atoms with E-state index in [0.717, 1.165) is 18.7 Å².